The Morgan fingerprint density at radius 3 is 2.82 bits per heavy atom. The average molecular weight is 320 g/mol. The van der Waals surface area contributed by atoms with Gasteiger partial charge in [-0.2, -0.15) is 0 Å². The Morgan fingerprint density at radius 2 is 2.18 bits per heavy atom. The molecule has 2 heterocycles. The lowest BCUT2D eigenvalue weighted by atomic mass is 10.4. The zero-order valence-electron chi connectivity index (χ0n) is 13.1. The van der Waals surface area contributed by atoms with Crippen molar-refractivity contribution in [3.05, 3.63) is 29.5 Å². The van der Waals surface area contributed by atoms with Crippen molar-refractivity contribution in [2.24, 2.45) is 0 Å². The summed E-state index contributed by atoms with van der Waals surface area (Å²) in [7, 11) is 1.79. The number of amides is 1. The maximum Gasteiger partial charge on any atom is 0.233 e. The minimum Gasteiger partial charge on any atom is -0.464 e. The van der Waals surface area contributed by atoms with Crippen molar-refractivity contribution in [1.82, 2.24) is 19.7 Å². The predicted molar refractivity (Wildman–Crippen MR) is 83.7 cm³/mol. The van der Waals surface area contributed by atoms with Gasteiger partial charge in [0.25, 0.3) is 0 Å². The number of carbonyl (C=O) groups is 1. The lowest BCUT2D eigenvalue weighted by Gasteiger charge is -2.15. The van der Waals surface area contributed by atoms with Crippen molar-refractivity contribution in [2.45, 2.75) is 44.4 Å². The quantitative estimate of drug-likeness (QED) is 0.765. The van der Waals surface area contributed by atoms with Crippen LogP contribution in [-0.4, -0.2) is 38.4 Å². The molecule has 6 nitrogen and oxygen atoms in total. The van der Waals surface area contributed by atoms with E-state index in [4.69, 9.17) is 4.42 Å². The maximum atomic E-state index is 12.2. The Balaban J connectivity index is 1.55. The van der Waals surface area contributed by atoms with Gasteiger partial charge >= 0.3 is 0 Å². The van der Waals surface area contributed by atoms with Gasteiger partial charge in [-0.05, 0) is 38.8 Å². The Bertz CT molecular complexity index is 675. The van der Waals surface area contributed by atoms with Crippen LogP contribution in [0.15, 0.2) is 21.7 Å². The van der Waals surface area contributed by atoms with Gasteiger partial charge in [0.2, 0.25) is 5.91 Å². The van der Waals surface area contributed by atoms with E-state index in [0.717, 1.165) is 22.5 Å². The standard InChI is InChI=1S/C15H20N4O2S/c1-10-4-7-13(21-10)8-18(3)14(20)9-22-15-17-16-11(2)19(15)12-5-6-12/h4,7,12H,5-6,8-9H2,1-3H3. The molecule has 0 aromatic carbocycles. The number of carbonyl (C=O) groups excluding carboxylic acids is 1. The zero-order valence-corrected chi connectivity index (χ0v) is 13.9. The van der Waals surface area contributed by atoms with Gasteiger partial charge in [-0.3, -0.25) is 4.79 Å². The van der Waals surface area contributed by atoms with Gasteiger partial charge in [0, 0.05) is 13.1 Å². The molecule has 0 spiro atoms. The normalized spacial score (nSPS) is 14.3. The first-order valence-electron chi connectivity index (χ1n) is 7.38. The van der Waals surface area contributed by atoms with Gasteiger partial charge in [-0.1, -0.05) is 11.8 Å². The molecule has 2 aromatic heterocycles. The average Bonchev–Trinajstić information content (AvgIpc) is 3.14. The fraction of sp³-hybridized carbons (Fsp3) is 0.533. The topological polar surface area (TPSA) is 64.2 Å². The van der Waals surface area contributed by atoms with Gasteiger partial charge in [0.05, 0.1) is 12.3 Å². The Kier molecular flexibility index (Phi) is 4.24. The lowest BCUT2D eigenvalue weighted by Crippen LogP contribution is -2.27. The third kappa shape index (κ3) is 3.35. The number of nitrogens with zero attached hydrogens (tertiary/aromatic N) is 4. The van der Waals surface area contributed by atoms with Crippen molar-refractivity contribution in [3.63, 3.8) is 0 Å². The predicted octanol–water partition coefficient (Wildman–Crippen LogP) is 2.57. The molecule has 0 atom stereocenters. The number of hydrogen-bond donors (Lipinski definition) is 0. The summed E-state index contributed by atoms with van der Waals surface area (Å²) in [5.41, 5.74) is 0. The van der Waals surface area contributed by atoms with E-state index >= 15 is 0 Å². The second-order valence-electron chi connectivity index (χ2n) is 5.68. The van der Waals surface area contributed by atoms with Gasteiger partial charge < -0.3 is 13.9 Å². The summed E-state index contributed by atoms with van der Waals surface area (Å²) < 4.78 is 7.65. The van der Waals surface area contributed by atoms with Crippen LogP contribution in [-0.2, 0) is 11.3 Å². The van der Waals surface area contributed by atoms with Crippen molar-refractivity contribution in [1.29, 1.82) is 0 Å². The minimum absolute atomic E-state index is 0.0575. The van der Waals surface area contributed by atoms with Crippen LogP contribution in [0.3, 0.4) is 0 Å². The second-order valence-corrected chi connectivity index (χ2v) is 6.62. The van der Waals surface area contributed by atoms with Crippen molar-refractivity contribution >= 4 is 17.7 Å². The van der Waals surface area contributed by atoms with Gasteiger partial charge in [0.15, 0.2) is 5.16 Å². The van der Waals surface area contributed by atoms with E-state index in [2.05, 4.69) is 14.8 Å². The van der Waals surface area contributed by atoms with Crippen LogP contribution in [0, 0.1) is 13.8 Å². The highest BCUT2D eigenvalue weighted by Gasteiger charge is 2.28. The SMILES string of the molecule is Cc1ccc(CN(C)C(=O)CSc2nnc(C)n2C2CC2)o1. The Labute approximate surface area is 133 Å². The fourth-order valence-corrected chi connectivity index (χ4v) is 3.32. The molecule has 0 bridgehead atoms. The van der Waals surface area contributed by atoms with Crippen molar-refractivity contribution in [3.8, 4) is 0 Å². The highest BCUT2D eigenvalue weighted by Crippen LogP contribution is 2.38. The number of aromatic nitrogens is 3. The molecule has 22 heavy (non-hydrogen) atoms. The van der Waals surface area contributed by atoms with E-state index in [-0.39, 0.29) is 5.91 Å². The molecular weight excluding hydrogens is 300 g/mol. The van der Waals surface area contributed by atoms with E-state index < -0.39 is 0 Å². The third-order valence-electron chi connectivity index (χ3n) is 3.69. The summed E-state index contributed by atoms with van der Waals surface area (Å²) in [6, 6.07) is 4.33. The Hall–Kier alpha value is -1.76. The molecular formula is C15H20N4O2S. The first kappa shape index (κ1) is 15.1. The van der Waals surface area contributed by atoms with Gasteiger partial charge in [-0.15, -0.1) is 10.2 Å². The van der Waals surface area contributed by atoms with Crippen molar-refractivity contribution in [2.75, 3.05) is 12.8 Å². The van der Waals surface area contributed by atoms with Crippen LogP contribution in [0.1, 0.15) is 36.2 Å². The highest BCUT2D eigenvalue weighted by atomic mass is 32.2. The second kappa shape index (κ2) is 6.16. The van der Waals surface area contributed by atoms with E-state index in [9.17, 15) is 4.79 Å². The molecule has 2 aromatic rings. The van der Waals surface area contributed by atoms with Crippen LogP contribution >= 0.6 is 11.8 Å². The van der Waals surface area contributed by atoms with Gasteiger partial charge in [0.1, 0.15) is 17.3 Å². The van der Waals surface area contributed by atoms with Crippen LogP contribution in [0.4, 0.5) is 0 Å². The monoisotopic (exact) mass is 320 g/mol. The number of rotatable bonds is 6. The molecule has 1 fully saturated rings. The van der Waals surface area contributed by atoms with E-state index in [1.54, 1.807) is 11.9 Å². The molecule has 1 aliphatic carbocycles. The van der Waals surface area contributed by atoms with E-state index in [1.165, 1.54) is 24.6 Å². The largest absolute Gasteiger partial charge is 0.464 e. The molecule has 1 aliphatic rings. The van der Waals surface area contributed by atoms with Crippen LogP contribution in [0.5, 0.6) is 0 Å². The summed E-state index contributed by atoms with van der Waals surface area (Å²) in [6.45, 7) is 4.35. The first-order valence-corrected chi connectivity index (χ1v) is 8.36. The molecule has 1 amide bonds. The number of hydrogen-bond acceptors (Lipinski definition) is 5. The van der Waals surface area contributed by atoms with Crippen LogP contribution < -0.4 is 0 Å². The molecule has 0 radical (unpaired) electrons. The molecule has 0 aliphatic heterocycles. The first-order chi connectivity index (χ1) is 10.5. The molecule has 118 valence electrons. The molecule has 7 heteroatoms. The van der Waals surface area contributed by atoms with E-state index in [0.29, 0.717) is 18.3 Å². The summed E-state index contributed by atoms with van der Waals surface area (Å²) in [5, 5.41) is 9.15. The molecule has 0 N–H and O–H groups in total. The number of furan rings is 1. The molecule has 0 saturated heterocycles. The number of thioether (sulfide) groups is 1. The zero-order chi connectivity index (χ0) is 15.7. The van der Waals surface area contributed by atoms with E-state index in [1.807, 2.05) is 26.0 Å². The lowest BCUT2D eigenvalue weighted by molar-refractivity contribution is -0.127. The third-order valence-corrected chi connectivity index (χ3v) is 4.61. The summed E-state index contributed by atoms with van der Waals surface area (Å²) >= 11 is 1.46. The van der Waals surface area contributed by atoms with Crippen LogP contribution in [0.25, 0.3) is 0 Å². The minimum atomic E-state index is 0.0575. The molecule has 0 unspecified atom stereocenters. The summed E-state index contributed by atoms with van der Waals surface area (Å²) in [6.07, 6.45) is 2.36. The van der Waals surface area contributed by atoms with Gasteiger partial charge in [-0.25, -0.2) is 0 Å². The Morgan fingerprint density at radius 1 is 1.41 bits per heavy atom. The fourth-order valence-electron chi connectivity index (χ4n) is 2.33. The number of aryl methyl sites for hydroxylation is 2. The summed E-state index contributed by atoms with van der Waals surface area (Å²) in [4.78, 5) is 13.9. The highest BCUT2D eigenvalue weighted by molar-refractivity contribution is 7.99. The van der Waals surface area contributed by atoms with Crippen molar-refractivity contribution < 1.29 is 9.21 Å². The van der Waals surface area contributed by atoms with Crippen LogP contribution in [0.2, 0.25) is 0 Å². The molecule has 1 saturated carbocycles. The maximum absolute atomic E-state index is 12.2. The summed E-state index contributed by atoms with van der Waals surface area (Å²) in [5.74, 6) is 3.01. The molecule has 3 rings (SSSR count). The smallest absolute Gasteiger partial charge is 0.233 e.